The van der Waals surface area contributed by atoms with Crippen LogP contribution >= 0.6 is 23.1 Å². The molecule has 0 bridgehead atoms. The Balaban J connectivity index is 1.36. The third-order valence-corrected chi connectivity index (χ3v) is 6.29. The van der Waals surface area contributed by atoms with E-state index < -0.39 is 5.56 Å². The number of rotatable bonds is 7. The number of fused-ring (bicyclic) bond motifs is 1. The maximum absolute atomic E-state index is 12.4. The molecule has 3 heterocycles. The number of carbonyl (C=O) groups excluding carboxylic acids is 1. The molecular weight excluding hydrogens is 424 g/mol. The van der Waals surface area contributed by atoms with E-state index in [1.165, 1.54) is 23.1 Å². The van der Waals surface area contributed by atoms with Crippen LogP contribution in [-0.4, -0.2) is 32.1 Å². The Hall–Kier alpha value is -3.18. The van der Waals surface area contributed by atoms with E-state index in [1.54, 1.807) is 13.8 Å². The zero-order chi connectivity index (χ0) is 21.1. The van der Waals surface area contributed by atoms with Crippen LogP contribution in [0.5, 0.6) is 0 Å². The van der Waals surface area contributed by atoms with Crippen molar-refractivity contribution < 1.29 is 9.21 Å². The smallest absolute Gasteiger partial charge is 0.277 e. The summed E-state index contributed by atoms with van der Waals surface area (Å²) in [6.45, 7) is 4.14. The zero-order valence-electron chi connectivity index (χ0n) is 16.2. The van der Waals surface area contributed by atoms with Crippen LogP contribution < -0.4 is 16.2 Å². The molecular formula is C19H18N6O3S2. The van der Waals surface area contributed by atoms with E-state index in [1.807, 2.05) is 30.3 Å². The summed E-state index contributed by atoms with van der Waals surface area (Å²) < 4.78 is 6.26. The lowest BCUT2D eigenvalue weighted by molar-refractivity contribution is -0.113. The summed E-state index contributed by atoms with van der Waals surface area (Å²) in [4.78, 5) is 24.5. The number of nitrogens with zero attached hydrogens (tertiary/aromatic N) is 3. The van der Waals surface area contributed by atoms with Crippen LogP contribution in [0.25, 0.3) is 10.8 Å². The predicted molar refractivity (Wildman–Crippen MR) is 117 cm³/mol. The van der Waals surface area contributed by atoms with E-state index in [4.69, 9.17) is 4.42 Å². The molecule has 3 aromatic heterocycles. The monoisotopic (exact) mass is 442 g/mol. The van der Waals surface area contributed by atoms with Gasteiger partial charge in [0.1, 0.15) is 11.1 Å². The molecule has 3 N–H and O–H groups in total. The summed E-state index contributed by atoms with van der Waals surface area (Å²) in [6.07, 6.45) is 0. The lowest BCUT2D eigenvalue weighted by Gasteiger charge is -2.01. The van der Waals surface area contributed by atoms with E-state index in [2.05, 4.69) is 31.0 Å². The SMILES string of the molecule is Cc1n[nH]c(=O)c2c(NC(=O)CSc3nnc(NCc4ccccc4)s3)oc(C)c12. The molecule has 0 spiro atoms. The van der Waals surface area contributed by atoms with Gasteiger partial charge in [-0.1, -0.05) is 53.4 Å². The second-order valence-corrected chi connectivity index (χ2v) is 8.62. The van der Waals surface area contributed by atoms with Crippen LogP contribution in [0.1, 0.15) is 17.0 Å². The van der Waals surface area contributed by atoms with Gasteiger partial charge in [-0.25, -0.2) is 5.10 Å². The first-order valence-electron chi connectivity index (χ1n) is 9.03. The lowest BCUT2D eigenvalue weighted by Crippen LogP contribution is -2.16. The Morgan fingerprint density at radius 1 is 1.20 bits per heavy atom. The number of nitrogens with one attached hydrogen (secondary N) is 3. The van der Waals surface area contributed by atoms with Gasteiger partial charge in [-0.3, -0.25) is 14.9 Å². The Morgan fingerprint density at radius 2 is 2.00 bits per heavy atom. The molecule has 1 aromatic carbocycles. The molecule has 1 amide bonds. The predicted octanol–water partition coefficient (Wildman–Crippen LogP) is 3.33. The lowest BCUT2D eigenvalue weighted by atomic mass is 10.2. The molecule has 0 fully saturated rings. The summed E-state index contributed by atoms with van der Waals surface area (Å²) in [7, 11) is 0. The normalized spacial score (nSPS) is 11.0. The number of aromatic nitrogens is 4. The molecule has 11 heteroatoms. The molecule has 9 nitrogen and oxygen atoms in total. The van der Waals surface area contributed by atoms with E-state index in [-0.39, 0.29) is 17.5 Å². The Kier molecular flexibility index (Phi) is 5.81. The van der Waals surface area contributed by atoms with Gasteiger partial charge in [-0.2, -0.15) is 5.10 Å². The quantitative estimate of drug-likeness (QED) is 0.372. The van der Waals surface area contributed by atoms with Gasteiger partial charge in [0.05, 0.1) is 16.8 Å². The van der Waals surface area contributed by atoms with Crippen molar-refractivity contribution in [1.29, 1.82) is 0 Å². The van der Waals surface area contributed by atoms with Crippen LogP contribution in [0, 0.1) is 13.8 Å². The number of thioether (sulfide) groups is 1. The van der Waals surface area contributed by atoms with Gasteiger partial charge < -0.3 is 9.73 Å². The first-order chi connectivity index (χ1) is 14.5. The number of hydrogen-bond donors (Lipinski definition) is 3. The molecule has 4 rings (SSSR count). The highest BCUT2D eigenvalue weighted by atomic mass is 32.2. The largest absolute Gasteiger partial charge is 0.444 e. The average molecular weight is 443 g/mol. The number of hydrogen-bond acceptors (Lipinski definition) is 9. The van der Waals surface area contributed by atoms with Gasteiger partial charge in [-0.05, 0) is 19.4 Å². The molecule has 0 unspecified atom stereocenters. The molecule has 0 aliphatic heterocycles. The molecule has 0 atom stereocenters. The number of furan rings is 1. The van der Waals surface area contributed by atoms with Crippen molar-refractivity contribution in [3.8, 4) is 0 Å². The minimum absolute atomic E-state index is 0.108. The van der Waals surface area contributed by atoms with Gasteiger partial charge in [0.25, 0.3) is 5.56 Å². The van der Waals surface area contributed by atoms with Crippen molar-refractivity contribution in [3.63, 3.8) is 0 Å². The van der Waals surface area contributed by atoms with E-state index in [0.717, 1.165) is 5.56 Å². The molecule has 0 aliphatic carbocycles. The highest BCUT2D eigenvalue weighted by molar-refractivity contribution is 8.01. The van der Waals surface area contributed by atoms with Gasteiger partial charge in [0, 0.05) is 6.54 Å². The number of carbonyl (C=O) groups is 1. The summed E-state index contributed by atoms with van der Waals surface area (Å²) in [5.74, 6) is 0.458. The maximum Gasteiger partial charge on any atom is 0.277 e. The average Bonchev–Trinajstić information content (AvgIpc) is 3.33. The minimum Gasteiger partial charge on any atom is -0.444 e. The number of aryl methyl sites for hydroxylation is 2. The number of benzene rings is 1. The summed E-state index contributed by atoms with van der Waals surface area (Å²) in [5.41, 5.74) is 1.36. The second kappa shape index (κ2) is 8.67. The Labute approximate surface area is 179 Å². The molecule has 0 radical (unpaired) electrons. The van der Waals surface area contributed by atoms with Gasteiger partial charge in [-0.15, -0.1) is 10.2 Å². The first-order valence-corrected chi connectivity index (χ1v) is 10.8. The number of aromatic amines is 1. The van der Waals surface area contributed by atoms with Gasteiger partial charge in [0.15, 0.2) is 4.34 Å². The fourth-order valence-electron chi connectivity index (χ4n) is 2.93. The van der Waals surface area contributed by atoms with Crippen LogP contribution in [0.2, 0.25) is 0 Å². The van der Waals surface area contributed by atoms with Crippen LogP contribution in [-0.2, 0) is 11.3 Å². The number of anilines is 2. The van der Waals surface area contributed by atoms with Crippen LogP contribution in [0.3, 0.4) is 0 Å². The van der Waals surface area contributed by atoms with Crippen molar-refractivity contribution >= 4 is 50.8 Å². The van der Waals surface area contributed by atoms with Crippen molar-refractivity contribution in [2.24, 2.45) is 0 Å². The fraction of sp³-hybridized carbons (Fsp3) is 0.211. The number of H-pyrrole nitrogens is 1. The van der Waals surface area contributed by atoms with Crippen molar-refractivity contribution in [2.45, 2.75) is 24.7 Å². The summed E-state index contributed by atoms with van der Waals surface area (Å²) in [6, 6.07) is 9.97. The first kappa shape index (κ1) is 20.1. The highest BCUT2D eigenvalue weighted by Crippen LogP contribution is 2.29. The van der Waals surface area contributed by atoms with Gasteiger partial charge in [0.2, 0.25) is 16.9 Å². The minimum atomic E-state index is -0.409. The van der Waals surface area contributed by atoms with Crippen LogP contribution in [0.15, 0.2) is 43.9 Å². The fourth-order valence-corrected chi connectivity index (χ4v) is 4.48. The molecule has 4 aromatic rings. The van der Waals surface area contributed by atoms with Crippen molar-refractivity contribution in [3.05, 3.63) is 57.7 Å². The van der Waals surface area contributed by atoms with Crippen molar-refractivity contribution in [2.75, 3.05) is 16.4 Å². The molecule has 30 heavy (non-hydrogen) atoms. The summed E-state index contributed by atoms with van der Waals surface area (Å²) >= 11 is 2.64. The maximum atomic E-state index is 12.4. The summed E-state index contributed by atoms with van der Waals surface area (Å²) in [5, 5.41) is 22.0. The molecule has 0 saturated heterocycles. The third-order valence-electron chi connectivity index (χ3n) is 4.27. The molecule has 0 aliphatic rings. The van der Waals surface area contributed by atoms with Crippen molar-refractivity contribution in [1.82, 2.24) is 20.4 Å². The van der Waals surface area contributed by atoms with Gasteiger partial charge >= 0.3 is 0 Å². The number of amides is 1. The standard InChI is InChI=1S/C19H18N6O3S2/c1-10-14-11(2)28-17(15(14)16(27)23-22-10)21-13(26)9-29-19-25-24-18(30-19)20-8-12-6-4-3-5-7-12/h3-7H,8-9H2,1-2H3,(H,20,24)(H,21,26)(H,23,27). The second-order valence-electron chi connectivity index (χ2n) is 6.42. The molecule has 0 saturated carbocycles. The van der Waals surface area contributed by atoms with E-state index >= 15 is 0 Å². The zero-order valence-corrected chi connectivity index (χ0v) is 17.8. The van der Waals surface area contributed by atoms with E-state index in [9.17, 15) is 9.59 Å². The Bertz CT molecular complexity index is 1250. The molecule has 154 valence electrons. The topological polar surface area (TPSA) is 126 Å². The van der Waals surface area contributed by atoms with Crippen LogP contribution in [0.4, 0.5) is 11.0 Å². The third kappa shape index (κ3) is 4.36. The Morgan fingerprint density at radius 3 is 2.80 bits per heavy atom. The highest BCUT2D eigenvalue weighted by Gasteiger charge is 2.19. The van der Waals surface area contributed by atoms with E-state index in [0.29, 0.717) is 38.2 Å².